The van der Waals surface area contributed by atoms with Crippen LogP contribution in [0.25, 0.3) is 0 Å². The topological polar surface area (TPSA) is 93.5 Å². The van der Waals surface area contributed by atoms with Crippen LogP contribution in [0.3, 0.4) is 0 Å². The maximum Gasteiger partial charge on any atom is 0.226 e. The molecule has 2 bridgehead atoms. The maximum absolute atomic E-state index is 12.3. The van der Waals surface area contributed by atoms with Gasteiger partial charge in [-0.15, -0.1) is 0 Å². The smallest absolute Gasteiger partial charge is 0.226 e. The molecule has 1 saturated carbocycles. The molecule has 0 unspecified atom stereocenters. The molecule has 1 aromatic rings. The summed E-state index contributed by atoms with van der Waals surface area (Å²) in [5.41, 5.74) is 5.13. The van der Waals surface area contributed by atoms with Gasteiger partial charge >= 0.3 is 0 Å². The predicted molar refractivity (Wildman–Crippen MR) is 97.7 cm³/mol. The molecule has 1 spiro atoms. The Hall–Kier alpha value is -1.63. The molecular formula is C19H24ClN3O3. The molecule has 2 amide bonds. The summed E-state index contributed by atoms with van der Waals surface area (Å²) in [5.74, 6) is -0.342. The fourth-order valence-electron chi connectivity index (χ4n) is 5.08. The molecule has 0 atom stereocenters. The van der Waals surface area contributed by atoms with Gasteiger partial charge in [-0.05, 0) is 56.5 Å². The Labute approximate surface area is 157 Å². The van der Waals surface area contributed by atoms with E-state index in [1.54, 1.807) is 12.1 Å². The van der Waals surface area contributed by atoms with E-state index < -0.39 is 16.6 Å². The third-order valence-corrected chi connectivity index (χ3v) is 6.51. The number of nitrogens with two attached hydrogens (primary N) is 1. The van der Waals surface area contributed by atoms with E-state index in [2.05, 4.69) is 10.6 Å². The molecule has 1 aromatic carbocycles. The largest absolute Gasteiger partial charge is 0.369 e. The number of rotatable bonds is 5. The van der Waals surface area contributed by atoms with E-state index in [4.69, 9.17) is 22.1 Å². The van der Waals surface area contributed by atoms with Crippen LogP contribution in [0.1, 0.15) is 31.2 Å². The number of benzene rings is 1. The number of piperidine rings is 1. The molecule has 4 aliphatic rings. The summed E-state index contributed by atoms with van der Waals surface area (Å²) in [6.07, 6.45) is 3.05. The average Bonchev–Trinajstić information content (AvgIpc) is 2.98. The van der Waals surface area contributed by atoms with E-state index in [0.717, 1.165) is 31.5 Å². The summed E-state index contributed by atoms with van der Waals surface area (Å²) in [6, 6.07) is 7.28. The van der Waals surface area contributed by atoms with Crippen molar-refractivity contribution in [3.63, 3.8) is 0 Å². The van der Waals surface area contributed by atoms with Gasteiger partial charge in [0.15, 0.2) is 0 Å². The van der Waals surface area contributed by atoms with Gasteiger partial charge in [-0.1, -0.05) is 23.7 Å². The lowest BCUT2D eigenvalue weighted by Crippen LogP contribution is -2.61. The van der Waals surface area contributed by atoms with Crippen molar-refractivity contribution in [3.05, 3.63) is 34.9 Å². The van der Waals surface area contributed by atoms with Crippen molar-refractivity contribution < 1.29 is 14.3 Å². The maximum atomic E-state index is 12.3. The molecule has 3 saturated heterocycles. The lowest BCUT2D eigenvalue weighted by Gasteiger charge is -2.47. The standard InChI is InChI=1S/C19H24ClN3O3/c20-14-3-1-2-13(8-14)9-15(24)23-12-17-10-18(11-17,16(21)25)19(26-17)4-6-22-7-5-19/h1-3,8,22H,4-7,9-12H2,(H2,21,25)(H,23,24). The van der Waals surface area contributed by atoms with Crippen molar-refractivity contribution in [1.29, 1.82) is 0 Å². The first kappa shape index (κ1) is 17.8. The molecule has 140 valence electrons. The van der Waals surface area contributed by atoms with E-state index in [1.165, 1.54) is 0 Å². The van der Waals surface area contributed by atoms with Crippen LogP contribution in [0.15, 0.2) is 24.3 Å². The summed E-state index contributed by atoms with van der Waals surface area (Å²) in [5, 5.41) is 6.90. The average molecular weight is 378 g/mol. The second-order valence-electron chi connectivity index (χ2n) is 7.91. The number of hydrogen-bond acceptors (Lipinski definition) is 4. The number of amides is 2. The molecule has 4 N–H and O–H groups in total. The fourth-order valence-corrected chi connectivity index (χ4v) is 5.29. The van der Waals surface area contributed by atoms with Crippen molar-refractivity contribution >= 4 is 23.4 Å². The highest BCUT2D eigenvalue weighted by Gasteiger charge is 2.77. The molecule has 6 nitrogen and oxygen atoms in total. The third-order valence-electron chi connectivity index (χ3n) is 6.28. The molecule has 3 aliphatic heterocycles. The molecule has 0 aromatic heterocycles. The van der Waals surface area contributed by atoms with Crippen LogP contribution in [0, 0.1) is 5.41 Å². The number of carbonyl (C=O) groups is 2. The van der Waals surface area contributed by atoms with Crippen LogP contribution < -0.4 is 16.4 Å². The van der Waals surface area contributed by atoms with Gasteiger partial charge in [-0.2, -0.15) is 0 Å². The first-order valence-corrected chi connectivity index (χ1v) is 9.49. The van der Waals surface area contributed by atoms with Crippen molar-refractivity contribution in [2.75, 3.05) is 19.6 Å². The van der Waals surface area contributed by atoms with Crippen molar-refractivity contribution in [3.8, 4) is 0 Å². The van der Waals surface area contributed by atoms with Crippen LogP contribution in [-0.4, -0.2) is 42.7 Å². The number of ether oxygens (including phenoxy) is 1. The Morgan fingerprint density at radius 2 is 2.00 bits per heavy atom. The molecule has 26 heavy (non-hydrogen) atoms. The predicted octanol–water partition coefficient (Wildman–Crippen LogP) is 1.16. The Morgan fingerprint density at radius 1 is 1.27 bits per heavy atom. The zero-order valence-corrected chi connectivity index (χ0v) is 15.4. The minimum Gasteiger partial charge on any atom is -0.369 e. The first-order valence-electron chi connectivity index (χ1n) is 9.11. The van der Waals surface area contributed by atoms with Gasteiger partial charge in [0.25, 0.3) is 0 Å². The Balaban J connectivity index is 1.40. The highest BCUT2D eigenvalue weighted by atomic mass is 35.5. The fraction of sp³-hybridized carbons (Fsp3) is 0.579. The van der Waals surface area contributed by atoms with Crippen LogP contribution >= 0.6 is 11.6 Å². The van der Waals surface area contributed by atoms with Gasteiger partial charge in [0.1, 0.15) is 0 Å². The quantitative estimate of drug-likeness (QED) is 0.717. The number of carbonyl (C=O) groups excluding carboxylic acids is 2. The van der Waals surface area contributed by atoms with Gasteiger partial charge in [0.05, 0.1) is 23.0 Å². The minimum atomic E-state index is -0.577. The van der Waals surface area contributed by atoms with Crippen LogP contribution in [0.4, 0.5) is 0 Å². The van der Waals surface area contributed by atoms with Gasteiger partial charge in [-0.25, -0.2) is 0 Å². The summed E-state index contributed by atoms with van der Waals surface area (Å²) in [7, 11) is 0. The normalized spacial score (nSPS) is 31.4. The lowest BCUT2D eigenvalue weighted by molar-refractivity contribution is -0.137. The van der Waals surface area contributed by atoms with E-state index in [0.29, 0.717) is 24.4 Å². The van der Waals surface area contributed by atoms with Gasteiger partial charge in [-0.3, -0.25) is 9.59 Å². The molecule has 5 rings (SSSR count). The van der Waals surface area contributed by atoms with Crippen molar-refractivity contribution in [2.45, 2.75) is 43.3 Å². The van der Waals surface area contributed by atoms with E-state index in [-0.39, 0.29) is 18.2 Å². The summed E-state index contributed by atoms with van der Waals surface area (Å²) in [6.45, 7) is 2.06. The highest BCUT2D eigenvalue weighted by Crippen LogP contribution is 2.68. The van der Waals surface area contributed by atoms with E-state index in [1.807, 2.05) is 12.1 Å². The molecular weight excluding hydrogens is 354 g/mol. The lowest BCUT2D eigenvalue weighted by atomic mass is 9.53. The molecule has 1 aliphatic carbocycles. The molecule has 7 heteroatoms. The zero-order chi connectivity index (χ0) is 18.4. The van der Waals surface area contributed by atoms with E-state index in [9.17, 15) is 9.59 Å². The monoisotopic (exact) mass is 377 g/mol. The Kier molecular flexibility index (Phi) is 4.25. The van der Waals surface area contributed by atoms with Gasteiger partial charge < -0.3 is 21.1 Å². The zero-order valence-electron chi connectivity index (χ0n) is 14.6. The van der Waals surface area contributed by atoms with Gasteiger partial charge in [0, 0.05) is 11.6 Å². The summed E-state index contributed by atoms with van der Waals surface area (Å²) >= 11 is 5.96. The first-order chi connectivity index (χ1) is 12.4. The van der Waals surface area contributed by atoms with Crippen molar-refractivity contribution in [2.24, 2.45) is 11.1 Å². The molecule has 3 heterocycles. The summed E-state index contributed by atoms with van der Waals surface area (Å²) < 4.78 is 6.46. The molecule has 4 fully saturated rings. The number of hydrogen-bond donors (Lipinski definition) is 3. The Bertz CT molecular complexity index is 739. The van der Waals surface area contributed by atoms with Crippen molar-refractivity contribution in [1.82, 2.24) is 10.6 Å². The van der Waals surface area contributed by atoms with Crippen LogP contribution in [-0.2, 0) is 20.7 Å². The highest BCUT2D eigenvalue weighted by molar-refractivity contribution is 6.30. The van der Waals surface area contributed by atoms with E-state index >= 15 is 0 Å². The number of nitrogens with one attached hydrogen (secondary N) is 2. The second kappa shape index (κ2) is 6.22. The third kappa shape index (κ3) is 2.71. The SMILES string of the molecule is NC(=O)C12CC(CNC(=O)Cc3cccc(Cl)c3)(C1)OC21CCNCC1. The van der Waals surface area contributed by atoms with Gasteiger partial charge in [0.2, 0.25) is 11.8 Å². The number of halogens is 1. The minimum absolute atomic E-state index is 0.0759. The molecule has 0 radical (unpaired) electrons. The van der Waals surface area contributed by atoms with Crippen LogP contribution in [0.5, 0.6) is 0 Å². The van der Waals surface area contributed by atoms with Crippen LogP contribution in [0.2, 0.25) is 5.02 Å². The number of primary amides is 1. The second-order valence-corrected chi connectivity index (χ2v) is 8.35. The Morgan fingerprint density at radius 3 is 2.65 bits per heavy atom. The summed E-state index contributed by atoms with van der Waals surface area (Å²) in [4.78, 5) is 24.5.